The minimum atomic E-state index is 0.0671. The molecule has 0 aromatic heterocycles. The van der Waals surface area contributed by atoms with Gasteiger partial charge in [-0.3, -0.25) is 9.69 Å². The first kappa shape index (κ1) is 18.2. The van der Waals surface area contributed by atoms with Gasteiger partial charge in [-0.05, 0) is 50.1 Å². The molecule has 5 heteroatoms. The van der Waals surface area contributed by atoms with Crippen molar-refractivity contribution in [1.82, 2.24) is 4.90 Å². The Hall–Kier alpha value is -1.59. The Morgan fingerprint density at radius 2 is 1.84 bits per heavy atom. The highest BCUT2D eigenvalue weighted by atomic mass is 16.5. The number of hydrogen-bond acceptors (Lipinski definition) is 4. The third-order valence-corrected chi connectivity index (χ3v) is 5.24. The summed E-state index contributed by atoms with van der Waals surface area (Å²) in [6.45, 7) is 4.91. The second kappa shape index (κ2) is 9.20. The third-order valence-electron chi connectivity index (χ3n) is 5.24. The van der Waals surface area contributed by atoms with Gasteiger partial charge >= 0.3 is 0 Å². The summed E-state index contributed by atoms with van der Waals surface area (Å²) in [5.41, 5.74) is 2.06. The van der Waals surface area contributed by atoms with Crippen molar-refractivity contribution < 1.29 is 9.53 Å². The van der Waals surface area contributed by atoms with Gasteiger partial charge in [0.15, 0.2) is 0 Å². The number of likely N-dealkylation sites (N-methyl/N-ethyl adjacent to an activating group) is 1. The molecule has 1 aliphatic carbocycles. The fourth-order valence-electron chi connectivity index (χ4n) is 3.90. The first-order valence-corrected chi connectivity index (χ1v) is 9.62. The van der Waals surface area contributed by atoms with Crippen LogP contribution in [-0.2, 0) is 9.53 Å². The summed E-state index contributed by atoms with van der Waals surface area (Å²) in [5.74, 6) is 0.830. The average Bonchev–Trinajstić information content (AvgIpc) is 2.63. The van der Waals surface area contributed by atoms with E-state index in [4.69, 9.17) is 4.74 Å². The number of hydrogen-bond donors (Lipinski definition) is 1. The van der Waals surface area contributed by atoms with E-state index in [0.717, 1.165) is 44.5 Å². The minimum absolute atomic E-state index is 0.0671. The summed E-state index contributed by atoms with van der Waals surface area (Å²) in [6.07, 6.45) is 6.70. The second-order valence-electron chi connectivity index (χ2n) is 7.40. The van der Waals surface area contributed by atoms with Gasteiger partial charge < -0.3 is 15.0 Å². The van der Waals surface area contributed by atoms with Crippen molar-refractivity contribution in [2.45, 2.75) is 32.1 Å². The topological polar surface area (TPSA) is 44.8 Å². The number of benzene rings is 1. The predicted octanol–water partition coefficient (Wildman–Crippen LogP) is 2.97. The fraction of sp³-hybridized carbons (Fsp3) is 0.650. The lowest BCUT2D eigenvalue weighted by Crippen LogP contribution is -2.36. The number of carbonyl (C=O) groups is 1. The van der Waals surface area contributed by atoms with Gasteiger partial charge in [0.1, 0.15) is 0 Å². The zero-order valence-electron chi connectivity index (χ0n) is 15.4. The van der Waals surface area contributed by atoms with Crippen LogP contribution in [0, 0.1) is 5.92 Å². The summed E-state index contributed by atoms with van der Waals surface area (Å²) in [6, 6.07) is 8.13. The van der Waals surface area contributed by atoms with Crippen molar-refractivity contribution in [1.29, 1.82) is 0 Å². The average molecular weight is 345 g/mol. The van der Waals surface area contributed by atoms with E-state index in [-0.39, 0.29) is 5.91 Å². The number of nitrogens with zero attached hydrogens (tertiary/aromatic N) is 2. The quantitative estimate of drug-likeness (QED) is 0.861. The molecule has 25 heavy (non-hydrogen) atoms. The van der Waals surface area contributed by atoms with Crippen molar-refractivity contribution in [3.63, 3.8) is 0 Å². The largest absolute Gasteiger partial charge is 0.378 e. The first-order chi connectivity index (χ1) is 12.2. The van der Waals surface area contributed by atoms with E-state index in [1.54, 1.807) is 0 Å². The van der Waals surface area contributed by atoms with E-state index in [0.29, 0.717) is 6.54 Å². The van der Waals surface area contributed by atoms with E-state index in [1.807, 2.05) is 12.1 Å². The molecule has 3 rings (SSSR count). The highest BCUT2D eigenvalue weighted by Crippen LogP contribution is 2.24. The molecule has 1 saturated carbocycles. The Balaban J connectivity index is 1.43. The molecule has 1 aromatic carbocycles. The fourth-order valence-corrected chi connectivity index (χ4v) is 3.90. The standard InChI is InChI=1S/C20H31N3O2/c1-22(15-17-5-3-2-4-6-17)16-20(24)21-18-7-9-19(10-8-18)23-11-13-25-14-12-23/h7-10,17H,2-6,11-16H2,1H3,(H,21,24). The van der Waals surface area contributed by atoms with Gasteiger partial charge in [0.25, 0.3) is 0 Å². The Morgan fingerprint density at radius 1 is 1.16 bits per heavy atom. The molecule has 1 saturated heterocycles. The molecule has 0 atom stereocenters. The van der Waals surface area contributed by atoms with Crippen LogP contribution < -0.4 is 10.2 Å². The van der Waals surface area contributed by atoms with Crippen molar-refractivity contribution in [2.24, 2.45) is 5.92 Å². The van der Waals surface area contributed by atoms with Crippen molar-refractivity contribution in [2.75, 3.05) is 56.7 Å². The van der Waals surface area contributed by atoms with Crippen molar-refractivity contribution >= 4 is 17.3 Å². The lowest BCUT2D eigenvalue weighted by molar-refractivity contribution is -0.117. The Labute approximate surface area is 151 Å². The molecule has 0 unspecified atom stereocenters. The van der Waals surface area contributed by atoms with Gasteiger partial charge in [-0.2, -0.15) is 0 Å². The lowest BCUT2D eigenvalue weighted by Gasteiger charge is -2.29. The molecule has 1 N–H and O–H groups in total. The normalized spacial score (nSPS) is 19.2. The van der Waals surface area contributed by atoms with Crippen LogP contribution in [0.5, 0.6) is 0 Å². The number of morpholine rings is 1. The molecule has 1 heterocycles. The zero-order chi connectivity index (χ0) is 17.5. The summed E-state index contributed by atoms with van der Waals surface area (Å²) in [7, 11) is 2.05. The van der Waals surface area contributed by atoms with Gasteiger partial charge in [-0.25, -0.2) is 0 Å². The van der Waals surface area contributed by atoms with Crippen molar-refractivity contribution in [3.8, 4) is 0 Å². The van der Waals surface area contributed by atoms with Crippen LogP contribution in [0.4, 0.5) is 11.4 Å². The summed E-state index contributed by atoms with van der Waals surface area (Å²) in [5, 5.41) is 3.02. The number of ether oxygens (including phenoxy) is 1. The third kappa shape index (κ3) is 5.72. The zero-order valence-corrected chi connectivity index (χ0v) is 15.4. The Bertz CT molecular complexity index is 534. The molecule has 0 radical (unpaired) electrons. The molecule has 2 fully saturated rings. The molecule has 1 aliphatic heterocycles. The van der Waals surface area contributed by atoms with E-state index in [1.165, 1.54) is 37.8 Å². The van der Waals surface area contributed by atoms with Gasteiger partial charge in [0.05, 0.1) is 19.8 Å². The maximum absolute atomic E-state index is 12.3. The SMILES string of the molecule is CN(CC(=O)Nc1ccc(N2CCOCC2)cc1)CC1CCCCC1. The number of rotatable bonds is 6. The summed E-state index contributed by atoms with van der Waals surface area (Å²) < 4.78 is 5.39. The summed E-state index contributed by atoms with van der Waals surface area (Å²) >= 11 is 0. The number of nitrogens with one attached hydrogen (secondary N) is 1. The van der Waals surface area contributed by atoms with E-state index in [9.17, 15) is 4.79 Å². The van der Waals surface area contributed by atoms with E-state index < -0.39 is 0 Å². The Kier molecular flexibility index (Phi) is 6.70. The second-order valence-corrected chi connectivity index (χ2v) is 7.40. The van der Waals surface area contributed by atoms with Crippen LogP contribution in [0.2, 0.25) is 0 Å². The first-order valence-electron chi connectivity index (χ1n) is 9.62. The van der Waals surface area contributed by atoms with Gasteiger partial charge in [-0.1, -0.05) is 19.3 Å². The number of amides is 1. The van der Waals surface area contributed by atoms with E-state index >= 15 is 0 Å². The van der Waals surface area contributed by atoms with E-state index in [2.05, 4.69) is 34.3 Å². The maximum atomic E-state index is 12.3. The molecule has 2 aliphatic rings. The monoisotopic (exact) mass is 345 g/mol. The molecule has 1 aromatic rings. The van der Waals surface area contributed by atoms with Gasteiger partial charge in [0, 0.05) is 31.0 Å². The molecule has 0 bridgehead atoms. The Morgan fingerprint density at radius 3 is 2.52 bits per heavy atom. The lowest BCUT2D eigenvalue weighted by atomic mass is 9.89. The number of carbonyl (C=O) groups excluding carboxylic acids is 1. The smallest absolute Gasteiger partial charge is 0.238 e. The molecule has 1 amide bonds. The highest BCUT2D eigenvalue weighted by molar-refractivity contribution is 5.92. The van der Waals surface area contributed by atoms with Gasteiger partial charge in [0.2, 0.25) is 5.91 Å². The van der Waals surface area contributed by atoms with Crippen LogP contribution in [0.3, 0.4) is 0 Å². The van der Waals surface area contributed by atoms with Crippen molar-refractivity contribution in [3.05, 3.63) is 24.3 Å². The molecule has 0 spiro atoms. The molecular formula is C20H31N3O2. The van der Waals surface area contributed by atoms with Gasteiger partial charge in [-0.15, -0.1) is 0 Å². The number of anilines is 2. The highest BCUT2D eigenvalue weighted by Gasteiger charge is 2.17. The van der Waals surface area contributed by atoms with Crippen LogP contribution >= 0.6 is 0 Å². The van der Waals surface area contributed by atoms with Crippen LogP contribution in [0.25, 0.3) is 0 Å². The molecule has 138 valence electrons. The van der Waals surface area contributed by atoms with Crippen LogP contribution in [0.1, 0.15) is 32.1 Å². The van der Waals surface area contributed by atoms with Crippen LogP contribution in [-0.4, -0.2) is 57.2 Å². The maximum Gasteiger partial charge on any atom is 0.238 e. The predicted molar refractivity (Wildman–Crippen MR) is 102 cm³/mol. The molecule has 5 nitrogen and oxygen atoms in total. The minimum Gasteiger partial charge on any atom is -0.378 e. The molecular weight excluding hydrogens is 314 g/mol. The van der Waals surface area contributed by atoms with Crippen LogP contribution in [0.15, 0.2) is 24.3 Å². The summed E-state index contributed by atoms with van der Waals surface area (Å²) in [4.78, 5) is 16.7.